The maximum absolute atomic E-state index is 5.37. The van der Waals surface area contributed by atoms with E-state index in [0.717, 1.165) is 22.6 Å². The van der Waals surface area contributed by atoms with Crippen LogP contribution in [0.4, 0.5) is 5.69 Å². The average molecular weight is 575 g/mol. The number of hydrogen-bond donors (Lipinski definition) is 0. The Morgan fingerprint density at radius 3 is 1.98 bits per heavy atom. The highest BCUT2D eigenvalue weighted by Crippen LogP contribution is 2.49. The third-order valence-corrected chi connectivity index (χ3v) is 9.66. The van der Waals surface area contributed by atoms with E-state index in [9.17, 15) is 0 Å². The summed E-state index contributed by atoms with van der Waals surface area (Å²) in [5, 5.41) is 4.98. The zero-order chi connectivity index (χ0) is 30.0. The number of benzene rings is 7. The molecular weight excluding hydrogens is 544 g/mol. The molecule has 0 saturated carbocycles. The van der Waals surface area contributed by atoms with E-state index < -0.39 is 5.41 Å². The van der Waals surface area contributed by atoms with E-state index in [-0.39, 0.29) is 0 Å². The lowest BCUT2D eigenvalue weighted by molar-refractivity contribution is 0.794. The van der Waals surface area contributed by atoms with Crippen molar-refractivity contribution in [1.82, 2.24) is 4.57 Å². The van der Waals surface area contributed by atoms with Crippen LogP contribution in [0.5, 0.6) is 0 Å². The molecule has 9 rings (SSSR count). The minimum atomic E-state index is -0.397. The molecule has 2 heteroatoms. The molecule has 0 amide bonds. The van der Waals surface area contributed by atoms with E-state index in [1.54, 1.807) is 0 Å². The first-order chi connectivity index (χ1) is 22.2. The summed E-state index contributed by atoms with van der Waals surface area (Å²) in [5.41, 5.74) is 11.4. The fraction of sp³-hybridized carbons (Fsp3) is 0.0465. The summed E-state index contributed by atoms with van der Waals surface area (Å²) in [5.74, 6) is 0. The molecule has 1 aliphatic rings. The molecule has 45 heavy (non-hydrogen) atoms. The maximum Gasteiger partial charge on any atom is 0.0686 e. The number of nitrogens with zero attached hydrogens (tertiary/aromatic N) is 2. The number of para-hydroxylation sites is 1. The molecule has 212 valence electrons. The van der Waals surface area contributed by atoms with Crippen LogP contribution in [-0.4, -0.2) is 10.3 Å². The standard InChI is InChI=1S/C43H30N2/c1-43(32-17-6-3-7-18-32)38-28-41-37(27-39(38)44-42(43)31-14-4-2-5-15-31)36-20-10-11-22-40(36)45(41)33-25-23-30(24-26-33)35-21-12-16-29-13-8-9-19-34(29)35/h2-28H,1H3. The van der Waals surface area contributed by atoms with Crippen LogP contribution in [0.15, 0.2) is 169 Å². The second kappa shape index (κ2) is 9.90. The molecule has 0 radical (unpaired) electrons. The summed E-state index contributed by atoms with van der Waals surface area (Å²) in [6.45, 7) is 2.33. The van der Waals surface area contributed by atoms with Gasteiger partial charge in [-0.15, -0.1) is 0 Å². The van der Waals surface area contributed by atoms with Gasteiger partial charge in [0, 0.05) is 16.5 Å². The molecule has 2 heterocycles. The highest BCUT2D eigenvalue weighted by molar-refractivity contribution is 6.18. The Kier molecular flexibility index (Phi) is 5.66. The number of hydrogen-bond acceptors (Lipinski definition) is 1. The van der Waals surface area contributed by atoms with Gasteiger partial charge in [0.2, 0.25) is 0 Å². The summed E-state index contributed by atoms with van der Waals surface area (Å²) < 4.78 is 2.42. The third-order valence-electron chi connectivity index (χ3n) is 9.66. The van der Waals surface area contributed by atoms with Crippen molar-refractivity contribution in [2.75, 3.05) is 0 Å². The van der Waals surface area contributed by atoms with Crippen LogP contribution in [-0.2, 0) is 5.41 Å². The van der Waals surface area contributed by atoms with Crippen LogP contribution in [0, 0.1) is 0 Å². The molecule has 0 N–H and O–H groups in total. The van der Waals surface area contributed by atoms with Gasteiger partial charge in [-0.2, -0.15) is 0 Å². The van der Waals surface area contributed by atoms with Gasteiger partial charge in [-0.3, -0.25) is 4.99 Å². The van der Waals surface area contributed by atoms with Gasteiger partial charge >= 0.3 is 0 Å². The molecule has 0 fully saturated rings. The normalized spacial score (nSPS) is 15.9. The lowest BCUT2D eigenvalue weighted by Gasteiger charge is -2.29. The van der Waals surface area contributed by atoms with Crippen molar-refractivity contribution >= 4 is 44.0 Å². The van der Waals surface area contributed by atoms with Crippen molar-refractivity contribution in [1.29, 1.82) is 0 Å². The Hall–Kier alpha value is -5.73. The predicted octanol–water partition coefficient (Wildman–Crippen LogP) is 11.0. The largest absolute Gasteiger partial charge is 0.309 e. The number of rotatable bonds is 4. The summed E-state index contributed by atoms with van der Waals surface area (Å²) in [4.78, 5) is 5.37. The fourth-order valence-electron chi connectivity index (χ4n) is 7.41. The maximum atomic E-state index is 5.37. The number of aliphatic imine (C=N–C) groups is 1. The molecule has 1 atom stereocenters. The molecule has 0 saturated heterocycles. The van der Waals surface area contributed by atoms with Crippen molar-refractivity contribution in [3.63, 3.8) is 0 Å². The molecule has 1 unspecified atom stereocenters. The van der Waals surface area contributed by atoms with E-state index in [0.29, 0.717) is 0 Å². The van der Waals surface area contributed by atoms with Crippen LogP contribution in [0.2, 0.25) is 0 Å². The van der Waals surface area contributed by atoms with Gasteiger partial charge in [0.25, 0.3) is 0 Å². The molecule has 7 aromatic carbocycles. The second-order valence-electron chi connectivity index (χ2n) is 12.1. The first kappa shape index (κ1) is 25.7. The van der Waals surface area contributed by atoms with Crippen molar-refractivity contribution in [3.05, 3.63) is 180 Å². The molecule has 0 spiro atoms. The Labute approximate surface area is 262 Å². The quantitative estimate of drug-likeness (QED) is 0.199. The van der Waals surface area contributed by atoms with Crippen LogP contribution in [0.3, 0.4) is 0 Å². The zero-order valence-corrected chi connectivity index (χ0v) is 25.0. The highest BCUT2D eigenvalue weighted by atomic mass is 15.0. The fourth-order valence-corrected chi connectivity index (χ4v) is 7.41. The van der Waals surface area contributed by atoms with Crippen molar-refractivity contribution in [3.8, 4) is 16.8 Å². The molecule has 1 aliphatic heterocycles. The molecule has 0 bridgehead atoms. The van der Waals surface area contributed by atoms with Gasteiger partial charge in [0.15, 0.2) is 0 Å². The Morgan fingerprint density at radius 2 is 1.18 bits per heavy atom. The number of aromatic nitrogens is 1. The average Bonchev–Trinajstić information content (AvgIpc) is 3.59. The first-order valence-corrected chi connectivity index (χ1v) is 15.6. The van der Waals surface area contributed by atoms with Crippen LogP contribution in [0.25, 0.3) is 49.4 Å². The van der Waals surface area contributed by atoms with Crippen LogP contribution < -0.4 is 0 Å². The van der Waals surface area contributed by atoms with E-state index in [4.69, 9.17) is 4.99 Å². The van der Waals surface area contributed by atoms with E-state index in [1.165, 1.54) is 54.8 Å². The SMILES string of the molecule is CC1(c2ccccc2)C(c2ccccc2)=Nc2cc3c4ccccc4n(-c4ccc(-c5cccc6ccccc56)cc4)c3cc21. The Bertz CT molecular complexity index is 2410. The van der Waals surface area contributed by atoms with E-state index in [1.807, 2.05) is 0 Å². The summed E-state index contributed by atoms with van der Waals surface area (Å²) >= 11 is 0. The molecule has 2 nitrogen and oxygen atoms in total. The molecule has 0 aliphatic carbocycles. The minimum absolute atomic E-state index is 0.397. The zero-order valence-electron chi connectivity index (χ0n) is 25.0. The Balaban J connectivity index is 1.26. The van der Waals surface area contributed by atoms with Crippen LogP contribution >= 0.6 is 0 Å². The smallest absolute Gasteiger partial charge is 0.0686 e. The molecule has 8 aromatic rings. The predicted molar refractivity (Wildman–Crippen MR) is 189 cm³/mol. The van der Waals surface area contributed by atoms with Gasteiger partial charge in [-0.05, 0) is 75.8 Å². The monoisotopic (exact) mass is 574 g/mol. The molecular formula is C43H30N2. The lowest BCUT2D eigenvalue weighted by Crippen LogP contribution is -2.31. The van der Waals surface area contributed by atoms with Gasteiger partial charge in [0.05, 0.1) is 27.8 Å². The minimum Gasteiger partial charge on any atom is -0.309 e. The lowest BCUT2D eigenvalue weighted by atomic mass is 9.71. The second-order valence-corrected chi connectivity index (χ2v) is 12.1. The highest BCUT2D eigenvalue weighted by Gasteiger charge is 2.42. The summed E-state index contributed by atoms with van der Waals surface area (Å²) in [7, 11) is 0. The Morgan fingerprint density at radius 1 is 0.511 bits per heavy atom. The van der Waals surface area contributed by atoms with Gasteiger partial charge in [-0.25, -0.2) is 0 Å². The van der Waals surface area contributed by atoms with Gasteiger partial charge in [-0.1, -0.05) is 133 Å². The van der Waals surface area contributed by atoms with Gasteiger partial charge in [0.1, 0.15) is 0 Å². The van der Waals surface area contributed by atoms with E-state index >= 15 is 0 Å². The summed E-state index contributed by atoms with van der Waals surface area (Å²) in [6, 6.07) is 59.1. The first-order valence-electron chi connectivity index (χ1n) is 15.6. The number of fused-ring (bicyclic) bond motifs is 5. The van der Waals surface area contributed by atoms with Crippen LogP contribution in [0.1, 0.15) is 23.6 Å². The molecule has 1 aromatic heterocycles. The van der Waals surface area contributed by atoms with Crippen molar-refractivity contribution < 1.29 is 0 Å². The van der Waals surface area contributed by atoms with Gasteiger partial charge < -0.3 is 4.57 Å². The topological polar surface area (TPSA) is 17.3 Å². The van der Waals surface area contributed by atoms with Crippen molar-refractivity contribution in [2.24, 2.45) is 4.99 Å². The summed E-state index contributed by atoms with van der Waals surface area (Å²) in [6.07, 6.45) is 0. The van der Waals surface area contributed by atoms with E-state index in [2.05, 4.69) is 175 Å². The van der Waals surface area contributed by atoms with Crippen molar-refractivity contribution in [2.45, 2.75) is 12.3 Å². The third kappa shape index (κ3) is 3.86.